The van der Waals surface area contributed by atoms with Gasteiger partial charge < -0.3 is 15.9 Å². The van der Waals surface area contributed by atoms with Gasteiger partial charge in [0, 0.05) is 5.69 Å². The average molecular weight is 303 g/mol. The molecule has 3 N–H and O–H groups in total. The van der Waals surface area contributed by atoms with Crippen LogP contribution in [0.4, 0.5) is 5.69 Å². The Kier molecular flexibility index (Phi) is 4.94. The van der Waals surface area contributed by atoms with Crippen molar-refractivity contribution in [1.82, 2.24) is 0 Å². The van der Waals surface area contributed by atoms with Gasteiger partial charge in [-0.3, -0.25) is 4.79 Å². The lowest BCUT2D eigenvalue weighted by Gasteiger charge is -2.09. The number of carbonyl (C=O) groups is 1. The molecule has 0 aliphatic rings. The number of aryl methyl sites for hydroxylation is 1. The smallest absolute Gasteiger partial charge is 0.265 e. The summed E-state index contributed by atoms with van der Waals surface area (Å²) < 4.78 is 0. The zero-order valence-electron chi connectivity index (χ0n) is 11.9. The minimum atomic E-state index is -0.272. The number of nitrogens with two attached hydrogens (primary N) is 1. The Morgan fingerprint density at radius 1 is 1.33 bits per heavy atom. The quantitative estimate of drug-likeness (QED) is 0.506. The monoisotopic (exact) mass is 303 g/mol. The third kappa shape index (κ3) is 4.06. The molecule has 2 aromatic rings. The second-order valence-electron chi connectivity index (χ2n) is 4.52. The van der Waals surface area contributed by atoms with E-state index >= 15 is 0 Å². The predicted molar refractivity (Wildman–Crippen MR) is 85.5 cm³/mol. The molecular weight excluding hydrogens is 286 g/mol. The van der Waals surface area contributed by atoms with E-state index in [1.807, 2.05) is 49.6 Å². The first-order valence-corrected chi connectivity index (χ1v) is 7.31. The van der Waals surface area contributed by atoms with Crippen LogP contribution in [0.5, 0.6) is 0 Å². The number of nitrogens with one attached hydrogen (secondary N) is 1. The van der Waals surface area contributed by atoms with E-state index < -0.39 is 0 Å². The fourth-order valence-electron chi connectivity index (χ4n) is 1.70. The van der Waals surface area contributed by atoms with Gasteiger partial charge in [-0.15, -0.1) is 11.3 Å². The highest BCUT2D eigenvalue weighted by atomic mass is 32.1. The zero-order valence-corrected chi connectivity index (χ0v) is 12.7. The normalized spacial score (nSPS) is 11.2. The van der Waals surface area contributed by atoms with Crippen LogP contribution in [-0.4, -0.2) is 18.3 Å². The molecule has 1 aromatic heterocycles. The standard InChI is InChI=1S/C15H17N3O2S/c1-10-5-3-6-12(11(10)2)17-14(19)9-20-18-15(16)13-7-4-8-21-13/h3-8H,9H2,1-2H3,(H2,16,18)(H,17,19). The van der Waals surface area contributed by atoms with Crippen molar-refractivity contribution in [3.8, 4) is 0 Å². The first-order valence-electron chi connectivity index (χ1n) is 6.43. The van der Waals surface area contributed by atoms with Gasteiger partial charge in [0.2, 0.25) is 0 Å². The molecule has 0 saturated carbocycles. The number of anilines is 1. The number of amides is 1. The predicted octanol–water partition coefficient (Wildman–Crippen LogP) is 2.64. The van der Waals surface area contributed by atoms with Gasteiger partial charge in [-0.25, -0.2) is 0 Å². The minimum Gasteiger partial charge on any atom is -0.384 e. The third-order valence-corrected chi connectivity index (χ3v) is 3.90. The van der Waals surface area contributed by atoms with Gasteiger partial charge >= 0.3 is 0 Å². The summed E-state index contributed by atoms with van der Waals surface area (Å²) in [7, 11) is 0. The summed E-state index contributed by atoms with van der Waals surface area (Å²) in [6.45, 7) is 3.77. The summed E-state index contributed by atoms with van der Waals surface area (Å²) in [5, 5.41) is 8.41. The molecule has 1 aromatic carbocycles. The highest BCUT2D eigenvalue weighted by Crippen LogP contribution is 2.17. The highest BCUT2D eigenvalue weighted by molar-refractivity contribution is 7.12. The van der Waals surface area contributed by atoms with E-state index in [1.54, 1.807) is 0 Å². The molecule has 0 fully saturated rings. The van der Waals surface area contributed by atoms with E-state index in [2.05, 4.69) is 10.5 Å². The van der Waals surface area contributed by atoms with Crippen LogP contribution in [0.25, 0.3) is 0 Å². The van der Waals surface area contributed by atoms with Gasteiger partial charge in [0.25, 0.3) is 5.91 Å². The van der Waals surface area contributed by atoms with Crippen LogP contribution in [0.1, 0.15) is 16.0 Å². The fourth-order valence-corrected chi connectivity index (χ4v) is 2.32. The highest BCUT2D eigenvalue weighted by Gasteiger charge is 2.07. The van der Waals surface area contributed by atoms with Crippen molar-refractivity contribution in [3.05, 3.63) is 51.7 Å². The Hall–Kier alpha value is -2.34. The molecule has 0 spiro atoms. The van der Waals surface area contributed by atoms with Crippen LogP contribution in [0, 0.1) is 13.8 Å². The summed E-state index contributed by atoms with van der Waals surface area (Å²) in [5.41, 5.74) is 8.66. The molecule has 0 bridgehead atoms. The first kappa shape index (κ1) is 15.1. The second kappa shape index (κ2) is 6.90. The van der Waals surface area contributed by atoms with Crippen molar-refractivity contribution in [2.45, 2.75) is 13.8 Å². The zero-order chi connectivity index (χ0) is 15.2. The van der Waals surface area contributed by atoms with Gasteiger partial charge in [-0.05, 0) is 42.5 Å². The Labute approximate surface area is 127 Å². The molecule has 5 nitrogen and oxygen atoms in total. The van der Waals surface area contributed by atoms with E-state index in [9.17, 15) is 4.79 Å². The molecule has 21 heavy (non-hydrogen) atoms. The number of hydrogen-bond acceptors (Lipinski definition) is 4. The van der Waals surface area contributed by atoms with Crippen molar-refractivity contribution in [2.75, 3.05) is 11.9 Å². The summed E-state index contributed by atoms with van der Waals surface area (Å²) in [6.07, 6.45) is 0. The molecule has 2 rings (SSSR count). The third-order valence-electron chi connectivity index (χ3n) is 3.01. The fraction of sp³-hybridized carbons (Fsp3) is 0.200. The number of oxime groups is 1. The lowest BCUT2D eigenvalue weighted by molar-refractivity contribution is -0.120. The van der Waals surface area contributed by atoms with E-state index in [4.69, 9.17) is 10.6 Å². The number of nitrogens with zero attached hydrogens (tertiary/aromatic N) is 1. The minimum absolute atomic E-state index is 0.181. The topological polar surface area (TPSA) is 76.7 Å². The summed E-state index contributed by atoms with van der Waals surface area (Å²) in [5.74, 6) is -0.00374. The van der Waals surface area contributed by atoms with E-state index in [0.717, 1.165) is 21.7 Å². The Balaban J connectivity index is 1.88. The maximum atomic E-state index is 11.8. The van der Waals surface area contributed by atoms with E-state index in [-0.39, 0.29) is 18.3 Å². The lowest BCUT2D eigenvalue weighted by Crippen LogP contribution is -2.19. The molecule has 6 heteroatoms. The molecule has 0 aliphatic carbocycles. The molecule has 1 heterocycles. The Morgan fingerprint density at radius 3 is 2.86 bits per heavy atom. The Bertz CT molecular complexity index is 651. The largest absolute Gasteiger partial charge is 0.384 e. The number of hydrogen-bond donors (Lipinski definition) is 2. The van der Waals surface area contributed by atoms with Crippen LogP contribution in [-0.2, 0) is 9.63 Å². The summed E-state index contributed by atoms with van der Waals surface area (Å²) in [6, 6.07) is 9.45. The van der Waals surface area contributed by atoms with Crippen molar-refractivity contribution in [3.63, 3.8) is 0 Å². The Morgan fingerprint density at radius 2 is 2.14 bits per heavy atom. The molecule has 110 valence electrons. The van der Waals surface area contributed by atoms with Gasteiger partial charge in [-0.2, -0.15) is 0 Å². The van der Waals surface area contributed by atoms with Gasteiger partial charge in [0.15, 0.2) is 12.4 Å². The van der Waals surface area contributed by atoms with E-state index in [1.165, 1.54) is 11.3 Å². The van der Waals surface area contributed by atoms with Crippen LogP contribution in [0.3, 0.4) is 0 Å². The van der Waals surface area contributed by atoms with Crippen LogP contribution < -0.4 is 11.1 Å². The van der Waals surface area contributed by atoms with Gasteiger partial charge in [-0.1, -0.05) is 23.4 Å². The average Bonchev–Trinajstić information content (AvgIpc) is 2.98. The molecule has 0 atom stereocenters. The number of carbonyl (C=O) groups excluding carboxylic acids is 1. The van der Waals surface area contributed by atoms with Crippen molar-refractivity contribution >= 4 is 28.8 Å². The molecule has 0 saturated heterocycles. The van der Waals surface area contributed by atoms with Crippen molar-refractivity contribution < 1.29 is 9.63 Å². The first-order chi connectivity index (χ1) is 10.1. The molecule has 0 radical (unpaired) electrons. The second-order valence-corrected chi connectivity index (χ2v) is 5.47. The van der Waals surface area contributed by atoms with Crippen molar-refractivity contribution in [1.29, 1.82) is 0 Å². The lowest BCUT2D eigenvalue weighted by atomic mass is 10.1. The van der Waals surface area contributed by atoms with Gasteiger partial charge in [0.05, 0.1) is 4.88 Å². The maximum absolute atomic E-state index is 11.8. The van der Waals surface area contributed by atoms with Crippen LogP contribution >= 0.6 is 11.3 Å². The van der Waals surface area contributed by atoms with E-state index in [0.29, 0.717) is 0 Å². The SMILES string of the molecule is Cc1cccc(NC(=O)CO/N=C(/N)c2cccs2)c1C. The van der Waals surface area contributed by atoms with Crippen molar-refractivity contribution in [2.24, 2.45) is 10.9 Å². The number of benzene rings is 1. The maximum Gasteiger partial charge on any atom is 0.265 e. The molecular formula is C15H17N3O2S. The number of thiophene rings is 1. The summed E-state index contributed by atoms with van der Waals surface area (Å²) in [4.78, 5) is 17.6. The summed E-state index contributed by atoms with van der Waals surface area (Å²) >= 11 is 1.46. The van der Waals surface area contributed by atoms with Gasteiger partial charge in [0.1, 0.15) is 0 Å². The van der Waals surface area contributed by atoms with Crippen LogP contribution in [0.2, 0.25) is 0 Å². The molecule has 0 aliphatic heterocycles. The molecule has 1 amide bonds. The molecule has 0 unspecified atom stereocenters. The number of amidine groups is 1. The number of rotatable bonds is 5. The van der Waals surface area contributed by atoms with Crippen LogP contribution in [0.15, 0.2) is 40.9 Å².